The lowest BCUT2D eigenvalue weighted by Gasteiger charge is -2.13. The van der Waals surface area contributed by atoms with Crippen LogP contribution in [-0.4, -0.2) is 12.6 Å². The van der Waals surface area contributed by atoms with Crippen molar-refractivity contribution in [2.45, 2.75) is 18.7 Å². The van der Waals surface area contributed by atoms with Crippen molar-refractivity contribution >= 4 is 17.4 Å². The maximum Gasteiger partial charge on any atom is 0.573 e. The van der Waals surface area contributed by atoms with Gasteiger partial charge < -0.3 is 14.5 Å². The molecule has 0 aliphatic heterocycles. The van der Waals surface area contributed by atoms with Gasteiger partial charge in [-0.25, -0.2) is 0 Å². The molecule has 0 unspecified atom stereocenters. The largest absolute Gasteiger partial charge is 0.573 e. The van der Waals surface area contributed by atoms with Gasteiger partial charge >= 0.3 is 6.36 Å². The van der Waals surface area contributed by atoms with Gasteiger partial charge in [-0.2, -0.15) is 11.8 Å². The topological polar surface area (TPSA) is 34.4 Å². The van der Waals surface area contributed by atoms with Crippen molar-refractivity contribution in [2.24, 2.45) is 0 Å². The molecule has 1 aromatic heterocycles. The first-order valence-electron chi connectivity index (χ1n) is 6.13. The molecule has 2 rings (SSSR count). The SMILES string of the molecule is CSCc1ccc(CNc2ccccc2OC(F)(F)F)o1. The normalized spacial score (nSPS) is 11.4. The Morgan fingerprint density at radius 3 is 2.57 bits per heavy atom. The van der Waals surface area contributed by atoms with Crippen molar-refractivity contribution in [3.05, 3.63) is 47.9 Å². The van der Waals surface area contributed by atoms with Crippen LogP contribution in [0.2, 0.25) is 0 Å². The molecule has 0 aliphatic carbocycles. The van der Waals surface area contributed by atoms with E-state index in [1.54, 1.807) is 23.9 Å². The Labute approximate surface area is 124 Å². The minimum absolute atomic E-state index is 0.262. The molecule has 0 aliphatic rings. The first-order chi connectivity index (χ1) is 9.98. The van der Waals surface area contributed by atoms with E-state index in [1.807, 2.05) is 12.3 Å². The van der Waals surface area contributed by atoms with Crippen LogP contribution in [0.15, 0.2) is 40.8 Å². The number of furan rings is 1. The van der Waals surface area contributed by atoms with Crippen molar-refractivity contribution in [1.29, 1.82) is 0 Å². The van der Waals surface area contributed by atoms with Crippen LogP contribution in [0.5, 0.6) is 5.75 Å². The Morgan fingerprint density at radius 2 is 1.86 bits per heavy atom. The van der Waals surface area contributed by atoms with E-state index in [9.17, 15) is 13.2 Å². The highest BCUT2D eigenvalue weighted by atomic mass is 32.2. The summed E-state index contributed by atoms with van der Waals surface area (Å²) in [7, 11) is 0. The number of anilines is 1. The van der Waals surface area contributed by atoms with Crippen LogP contribution < -0.4 is 10.1 Å². The third-order valence-electron chi connectivity index (χ3n) is 2.57. The predicted octanol–water partition coefficient (Wildman–Crippen LogP) is 4.65. The van der Waals surface area contributed by atoms with Gasteiger partial charge in [-0.05, 0) is 30.5 Å². The Hall–Kier alpha value is -1.76. The smallest absolute Gasteiger partial charge is 0.463 e. The first-order valence-corrected chi connectivity index (χ1v) is 7.52. The molecule has 0 amide bonds. The number of nitrogens with one attached hydrogen (secondary N) is 1. The average Bonchev–Trinajstić information content (AvgIpc) is 2.84. The molecule has 0 bridgehead atoms. The van der Waals surface area contributed by atoms with Crippen LogP contribution in [0, 0.1) is 0 Å². The summed E-state index contributed by atoms with van der Waals surface area (Å²) < 4.78 is 46.4. The Bertz CT molecular complexity index is 584. The fourth-order valence-corrected chi connectivity index (χ4v) is 2.19. The number of thioether (sulfide) groups is 1. The number of benzene rings is 1. The van der Waals surface area contributed by atoms with Gasteiger partial charge in [0.25, 0.3) is 0 Å². The van der Waals surface area contributed by atoms with Crippen LogP contribution in [0.3, 0.4) is 0 Å². The van der Waals surface area contributed by atoms with Gasteiger partial charge in [0, 0.05) is 0 Å². The van der Waals surface area contributed by atoms with E-state index < -0.39 is 6.36 Å². The van der Waals surface area contributed by atoms with Crippen molar-refractivity contribution in [3.8, 4) is 5.75 Å². The molecule has 3 nitrogen and oxygen atoms in total. The third kappa shape index (κ3) is 4.93. The summed E-state index contributed by atoms with van der Waals surface area (Å²) >= 11 is 1.63. The molecule has 0 fully saturated rings. The number of halogens is 3. The first kappa shape index (κ1) is 15.6. The summed E-state index contributed by atoms with van der Waals surface area (Å²) in [5, 5.41) is 2.88. The summed E-state index contributed by atoms with van der Waals surface area (Å²) in [5.74, 6) is 1.98. The molecule has 1 aromatic carbocycles. The Kier molecular flexibility index (Phi) is 5.06. The molecule has 1 N–H and O–H groups in total. The average molecular weight is 317 g/mol. The Morgan fingerprint density at radius 1 is 1.14 bits per heavy atom. The van der Waals surface area contributed by atoms with Gasteiger partial charge in [0.2, 0.25) is 0 Å². The second-order valence-electron chi connectivity index (χ2n) is 4.20. The maximum atomic E-state index is 12.3. The van der Waals surface area contributed by atoms with Crippen LogP contribution in [0.1, 0.15) is 11.5 Å². The number of ether oxygens (including phenoxy) is 1. The zero-order chi connectivity index (χ0) is 15.3. The van der Waals surface area contributed by atoms with E-state index in [1.165, 1.54) is 18.2 Å². The monoisotopic (exact) mass is 317 g/mol. The fourth-order valence-electron chi connectivity index (χ4n) is 1.75. The van der Waals surface area contributed by atoms with Crippen LogP contribution in [0.25, 0.3) is 0 Å². The molecule has 0 saturated heterocycles. The van der Waals surface area contributed by atoms with Gasteiger partial charge in [-0.15, -0.1) is 13.2 Å². The summed E-state index contributed by atoms with van der Waals surface area (Å²) in [6.07, 6.45) is -2.75. The second-order valence-corrected chi connectivity index (χ2v) is 5.06. The molecular weight excluding hydrogens is 303 g/mol. The van der Waals surface area contributed by atoms with E-state index in [-0.39, 0.29) is 18.0 Å². The van der Waals surface area contributed by atoms with Crippen molar-refractivity contribution in [3.63, 3.8) is 0 Å². The molecule has 114 valence electrons. The molecule has 0 spiro atoms. The van der Waals surface area contributed by atoms with E-state index in [2.05, 4.69) is 10.1 Å². The third-order valence-corrected chi connectivity index (χ3v) is 3.14. The molecule has 0 saturated carbocycles. The van der Waals surface area contributed by atoms with Gasteiger partial charge in [-0.1, -0.05) is 12.1 Å². The highest BCUT2D eigenvalue weighted by Crippen LogP contribution is 2.30. The molecule has 7 heteroatoms. The lowest BCUT2D eigenvalue weighted by atomic mass is 10.3. The van der Waals surface area contributed by atoms with Gasteiger partial charge in [0.15, 0.2) is 5.75 Å². The summed E-state index contributed by atoms with van der Waals surface area (Å²) in [6, 6.07) is 9.55. The van der Waals surface area contributed by atoms with Gasteiger partial charge in [-0.3, -0.25) is 0 Å². The molecule has 2 aromatic rings. The van der Waals surface area contributed by atoms with Crippen molar-refractivity contribution < 1.29 is 22.3 Å². The van der Waals surface area contributed by atoms with Crippen molar-refractivity contribution in [1.82, 2.24) is 0 Å². The summed E-state index contributed by atoms with van der Waals surface area (Å²) in [5.41, 5.74) is 0.262. The van der Waals surface area contributed by atoms with E-state index in [0.29, 0.717) is 5.76 Å². The minimum Gasteiger partial charge on any atom is -0.463 e. The number of hydrogen-bond acceptors (Lipinski definition) is 4. The zero-order valence-corrected chi connectivity index (χ0v) is 12.1. The molecular formula is C14H14F3NO2S. The van der Waals surface area contributed by atoms with Gasteiger partial charge in [0.05, 0.1) is 18.0 Å². The fraction of sp³-hybridized carbons (Fsp3) is 0.286. The van der Waals surface area contributed by atoms with E-state index >= 15 is 0 Å². The quantitative estimate of drug-likeness (QED) is 0.841. The summed E-state index contributed by atoms with van der Waals surface area (Å²) in [4.78, 5) is 0. The highest BCUT2D eigenvalue weighted by Gasteiger charge is 2.32. The molecule has 1 heterocycles. The molecule has 21 heavy (non-hydrogen) atoms. The second kappa shape index (κ2) is 6.80. The predicted molar refractivity (Wildman–Crippen MR) is 76.4 cm³/mol. The lowest BCUT2D eigenvalue weighted by molar-refractivity contribution is -0.274. The lowest BCUT2D eigenvalue weighted by Crippen LogP contribution is -2.18. The van der Waals surface area contributed by atoms with Crippen LogP contribution in [0.4, 0.5) is 18.9 Å². The van der Waals surface area contributed by atoms with E-state index in [0.717, 1.165) is 11.5 Å². The standard InChI is InChI=1S/C14H14F3NO2S/c1-21-9-11-7-6-10(19-11)8-18-12-4-2-3-5-13(12)20-14(15,16)17/h2-7,18H,8-9H2,1H3. The number of alkyl halides is 3. The van der Waals surface area contributed by atoms with Crippen LogP contribution >= 0.6 is 11.8 Å². The van der Waals surface area contributed by atoms with E-state index in [4.69, 9.17) is 4.42 Å². The Balaban J connectivity index is 2.02. The highest BCUT2D eigenvalue weighted by molar-refractivity contribution is 7.97. The number of hydrogen-bond donors (Lipinski definition) is 1. The molecule has 0 radical (unpaired) electrons. The van der Waals surface area contributed by atoms with Crippen LogP contribution in [-0.2, 0) is 12.3 Å². The minimum atomic E-state index is -4.71. The van der Waals surface area contributed by atoms with Gasteiger partial charge in [0.1, 0.15) is 11.5 Å². The van der Waals surface area contributed by atoms with Crippen molar-refractivity contribution in [2.75, 3.05) is 11.6 Å². The summed E-state index contributed by atoms with van der Waals surface area (Å²) in [6.45, 7) is 0.284. The number of para-hydroxylation sites is 2. The number of rotatable bonds is 6. The maximum absolute atomic E-state index is 12.3. The zero-order valence-electron chi connectivity index (χ0n) is 11.2. The molecule has 0 atom stereocenters.